The Bertz CT molecular complexity index is 2060. The number of nitrogens with zero attached hydrogens (tertiary/aromatic N) is 4. The van der Waals surface area contributed by atoms with Crippen molar-refractivity contribution in [1.82, 2.24) is 20.4 Å². The van der Waals surface area contributed by atoms with Crippen molar-refractivity contribution in [2.24, 2.45) is 5.73 Å². The molecule has 0 saturated heterocycles. The first kappa shape index (κ1) is 38.9. The van der Waals surface area contributed by atoms with Gasteiger partial charge in [-0.05, 0) is 12.1 Å². The van der Waals surface area contributed by atoms with Crippen LogP contribution < -0.4 is 25.8 Å². The standard InChI is InChI=1S/C22H16N6Se2.C9H11NSe.C8H6O4/c1-3-9-15(10-4-1)23-21-27-25-19(29-21)17-13-7-8-14-18(17)20-26-28-22(30-20)24-16-11-5-2-6-12-16;10-7-9(11)6-8-4-2-1-3-5-8;9-5-11-7-3-1-2-4-8(7)12-6-10/h1-14H,(H,23,27)(H,24,28);1-5H,6-7,10H2;1-6H. The van der Waals surface area contributed by atoms with Gasteiger partial charge in [-0.1, -0.05) is 12.1 Å². The molecule has 0 aliphatic carbocycles. The summed E-state index contributed by atoms with van der Waals surface area (Å²) in [5.41, 5.74) is 11.0. The van der Waals surface area contributed by atoms with Gasteiger partial charge in [-0.15, -0.1) is 0 Å². The molecule has 0 aliphatic heterocycles. The van der Waals surface area contributed by atoms with Crippen LogP contribution in [0, 0.1) is 0 Å². The van der Waals surface area contributed by atoms with E-state index in [1.165, 1.54) is 22.1 Å². The van der Waals surface area contributed by atoms with Gasteiger partial charge in [0.15, 0.2) is 11.5 Å². The fourth-order valence-corrected chi connectivity index (χ4v) is 8.28. The van der Waals surface area contributed by atoms with E-state index in [1.54, 1.807) is 12.1 Å². The van der Waals surface area contributed by atoms with Crippen molar-refractivity contribution in [2.75, 3.05) is 17.2 Å². The Morgan fingerprint density at radius 1 is 0.585 bits per heavy atom. The summed E-state index contributed by atoms with van der Waals surface area (Å²) in [6, 6.07) is 45.1. The third-order valence-corrected chi connectivity index (χ3v) is 11.3. The Labute approximate surface area is 326 Å². The van der Waals surface area contributed by atoms with Gasteiger partial charge in [-0.3, -0.25) is 9.59 Å². The van der Waals surface area contributed by atoms with Crippen molar-refractivity contribution in [3.05, 3.63) is 145 Å². The van der Waals surface area contributed by atoms with E-state index in [4.69, 9.17) is 5.73 Å². The number of nitrogens with two attached hydrogens (primary N) is 1. The van der Waals surface area contributed by atoms with E-state index in [2.05, 4.69) is 80.3 Å². The molecule has 7 aromatic rings. The van der Waals surface area contributed by atoms with Gasteiger partial charge in [0.05, 0.1) is 0 Å². The zero-order valence-electron chi connectivity index (χ0n) is 28.1. The van der Waals surface area contributed by atoms with E-state index >= 15 is 0 Å². The minimum absolute atomic E-state index is 0.00405. The summed E-state index contributed by atoms with van der Waals surface area (Å²) in [5, 5.41) is 24.4. The number of hydrogen-bond donors (Lipinski definition) is 3. The van der Waals surface area contributed by atoms with Crippen LogP contribution in [0.3, 0.4) is 0 Å². The summed E-state index contributed by atoms with van der Waals surface area (Å²) >= 11 is 2.97. The molecule has 53 heavy (non-hydrogen) atoms. The van der Waals surface area contributed by atoms with Crippen LogP contribution in [0.2, 0.25) is 0 Å². The van der Waals surface area contributed by atoms with Crippen LogP contribution in [0.5, 0.6) is 11.5 Å². The summed E-state index contributed by atoms with van der Waals surface area (Å²) in [6.07, 6.45) is 0.956. The summed E-state index contributed by atoms with van der Waals surface area (Å²) in [6.45, 7) is 1.18. The molecule has 4 N–H and O–H groups in total. The van der Waals surface area contributed by atoms with E-state index < -0.39 is 0 Å². The third kappa shape index (κ3) is 12.4. The second-order valence-corrected chi connectivity index (χ2v) is 15.9. The number of aromatic nitrogens is 4. The van der Waals surface area contributed by atoms with E-state index in [-0.39, 0.29) is 53.5 Å². The number of nitrogens with one attached hydrogen (secondary N) is 2. The molecule has 11 nitrogen and oxygen atoms in total. The van der Waals surface area contributed by atoms with Crippen LogP contribution in [0.1, 0.15) is 5.56 Å². The Balaban J connectivity index is 0.000000193. The molecule has 0 saturated carbocycles. The van der Waals surface area contributed by atoms with Crippen LogP contribution in [0.15, 0.2) is 140 Å². The molecule has 266 valence electrons. The molecule has 0 aliphatic rings. The van der Waals surface area contributed by atoms with Crippen molar-refractivity contribution in [2.45, 2.75) is 6.42 Å². The fraction of sp³-hybridized carbons (Fsp3) is 0.0513. The molecule has 0 spiro atoms. The number of benzene rings is 5. The zero-order chi connectivity index (χ0) is 37.1. The van der Waals surface area contributed by atoms with E-state index in [0.717, 1.165) is 47.4 Å². The second kappa shape index (κ2) is 21.3. The van der Waals surface area contributed by atoms with Gasteiger partial charge < -0.3 is 9.47 Å². The van der Waals surface area contributed by atoms with E-state index in [1.807, 2.05) is 91.0 Å². The Hall–Kier alpha value is -5.29. The molecular formula is C39H33N7O4Se3. The minimum atomic E-state index is 0.00405. The van der Waals surface area contributed by atoms with Gasteiger partial charge in [0.1, 0.15) is 0 Å². The summed E-state index contributed by atoms with van der Waals surface area (Å²) < 4.78 is 14.1. The molecule has 2 aromatic heterocycles. The van der Waals surface area contributed by atoms with Gasteiger partial charge in [0, 0.05) is 0 Å². The predicted molar refractivity (Wildman–Crippen MR) is 212 cm³/mol. The second-order valence-electron chi connectivity index (χ2n) is 10.6. The number of ether oxygens (including phenoxy) is 2. The van der Waals surface area contributed by atoms with Crippen molar-refractivity contribution in [3.63, 3.8) is 0 Å². The first-order valence-corrected chi connectivity index (χ1v) is 20.3. The molecular weight excluding hydrogens is 867 g/mol. The van der Waals surface area contributed by atoms with Gasteiger partial charge >= 0.3 is 261 Å². The van der Waals surface area contributed by atoms with Crippen LogP contribution >= 0.6 is 0 Å². The van der Waals surface area contributed by atoms with Crippen LogP contribution in [0.4, 0.5) is 20.8 Å². The maximum atomic E-state index is 9.96. The molecule has 7 rings (SSSR count). The normalized spacial score (nSPS) is 9.98. The molecule has 0 unspecified atom stereocenters. The molecule has 5 aromatic carbocycles. The average molecular weight is 901 g/mol. The maximum absolute atomic E-state index is 9.96. The number of carbonyl (C=O) groups excluding carboxylic acids is 2. The zero-order valence-corrected chi connectivity index (χ0v) is 33.2. The SMILES string of the molecule is NCC(=[Se])Cc1ccccc1.O=COc1ccccc1OC=O.c1ccc(Nc2nnc(-c3ccccc3-c3nnc(Nc4ccccc4)[se]3)[se]2)cc1. The van der Waals surface area contributed by atoms with Crippen LogP contribution in [-0.2, 0) is 16.0 Å². The quantitative estimate of drug-likeness (QED) is 0.0996. The molecule has 2 heterocycles. The molecule has 0 atom stereocenters. The average Bonchev–Trinajstić information content (AvgIpc) is 3.87. The van der Waals surface area contributed by atoms with E-state index in [9.17, 15) is 9.59 Å². The number of carbonyl (C=O) groups is 2. The Morgan fingerprint density at radius 3 is 1.40 bits per heavy atom. The summed E-state index contributed by atoms with van der Waals surface area (Å²) in [5.74, 6) is 0.444. The Kier molecular flexibility index (Phi) is 15.6. The monoisotopic (exact) mass is 903 g/mol. The number of hydrogen-bond acceptors (Lipinski definition) is 11. The van der Waals surface area contributed by atoms with Crippen molar-refractivity contribution in [1.29, 1.82) is 0 Å². The van der Waals surface area contributed by atoms with Gasteiger partial charge in [-0.25, -0.2) is 0 Å². The molecule has 0 amide bonds. The summed E-state index contributed by atoms with van der Waals surface area (Å²) in [7, 11) is 0. The van der Waals surface area contributed by atoms with Gasteiger partial charge in [0.25, 0.3) is 12.9 Å². The number of rotatable bonds is 13. The molecule has 14 heteroatoms. The van der Waals surface area contributed by atoms with Crippen LogP contribution in [0.25, 0.3) is 20.3 Å². The number of anilines is 4. The molecule has 0 radical (unpaired) electrons. The van der Waals surface area contributed by atoms with Gasteiger partial charge in [-0.2, -0.15) is 0 Å². The third-order valence-electron chi connectivity index (χ3n) is 6.96. The predicted octanol–water partition coefficient (Wildman–Crippen LogP) is 5.49. The molecule has 0 fully saturated rings. The first-order chi connectivity index (χ1) is 26.1. The van der Waals surface area contributed by atoms with Crippen LogP contribution in [-0.4, -0.2) is 88.9 Å². The topological polar surface area (TPSA) is 154 Å². The Morgan fingerprint density at radius 2 is 0.981 bits per heavy atom. The van der Waals surface area contributed by atoms with Crippen molar-refractivity contribution < 1.29 is 19.1 Å². The van der Waals surface area contributed by atoms with Gasteiger partial charge in [0.2, 0.25) is 0 Å². The first-order valence-electron chi connectivity index (χ1n) is 16.0. The summed E-state index contributed by atoms with van der Waals surface area (Å²) in [4.78, 5) is 19.9. The fourth-order valence-electron chi connectivity index (χ4n) is 4.56. The van der Waals surface area contributed by atoms with Crippen molar-refractivity contribution >= 4 is 82.7 Å². The van der Waals surface area contributed by atoms with Crippen molar-refractivity contribution in [3.8, 4) is 31.8 Å². The van der Waals surface area contributed by atoms with E-state index in [0.29, 0.717) is 6.54 Å². The molecule has 0 bridgehead atoms. The number of para-hydroxylation sites is 4.